The Kier molecular flexibility index (Phi) is 15.4. The topological polar surface area (TPSA) is 164 Å². The van der Waals surface area contributed by atoms with Gasteiger partial charge in [-0.3, -0.25) is 14.4 Å². The number of nitrogens with two attached hydrogens (primary N) is 1. The highest BCUT2D eigenvalue weighted by atomic mass is 32.2. The Morgan fingerprint density at radius 1 is 0.869 bits per heavy atom. The predicted molar refractivity (Wildman–Crippen MR) is 242 cm³/mol. The average Bonchev–Trinajstić information content (AvgIpc) is 3.89. The Morgan fingerprint density at radius 3 is 1.98 bits per heavy atom. The van der Waals surface area contributed by atoms with E-state index in [4.69, 9.17) is 10.5 Å². The van der Waals surface area contributed by atoms with Crippen molar-refractivity contribution in [2.24, 2.45) is 5.73 Å². The summed E-state index contributed by atoms with van der Waals surface area (Å²) in [5.41, 5.74) is 12.8. The maximum absolute atomic E-state index is 15.2. The number of thioether (sulfide) groups is 1. The molecule has 3 atom stereocenters. The summed E-state index contributed by atoms with van der Waals surface area (Å²) in [5.74, 6) is -1.13. The van der Waals surface area contributed by atoms with Gasteiger partial charge in [-0.05, 0) is 61.4 Å². The highest BCUT2D eigenvalue weighted by Crippen LogP contribution is 2.54. The Hall–Kier alpha value is -5.50. The van der Waals surface area contributed by atoms with Gasteiger partial charge in [0.15, 0.2) is 0 Å². The highest BCUT2D eigenvalue weighted by molar-refractivity contribution is 8.02. The molecule has 4 aromatic carbocycles. The molecule has 11 nitrogen and oxygen atoms in total. The zero-order valence-electron chi connectivity index (χ0n) is 34.9. The van der Waals surface area contributed by atoms with Crippen LogP contribution in [-0.4, -0.2) is 74.9 Å². The Bertz CT molecular complexity index is 2120. The predicted octanol–water partition coefficient (Wildman–Crippen LogP) is 7.73. The first kappa shape index (κ1) is 45.0. The molecule has 0 saturated carbocycles. The molecule has 1 saturated heterocycles. The Morgan fingerprint density at radius 2 is 1.44 bits per heavy atom. The van der Waals surface area contributed by atoms with Crippen molar-refractivity contribution in [2.75, 3.05) is 13.2 Å². The van der Waals surface area contributed by atoms with Crippen LogP contribution in [0.5, 0.6) is 0 Å². The fraction of sp³-hybridized carbons (Fsp3) is 0.354. The Balaban J connectivity index is 1.28. The molecule has 2 heterocycles. The van der Waals surface area contributed by atoms with Gasteiger partial charge in [-0.1, -0.05) is 128 Å². The SMILES string of the molecule is Cc1ncsc1-c1ccc(CNC(=O)[C@@H]2C[C@@H](O)CN2C(=O)C(NC(=O)CCCCCCOC(N)=O)C(C)(C)SC(c2ccccc2)(c2ccccc2)c2ccccc2)cc1. The molecule has 5 N–H and O–H groups in total. The number of thiazole rings is 1. The lowest BCUT2D eigenvalue weighted by molar-refractivity contribution is -0.142. The summed E-state index contributed by atoms with van der Waals surface area (Å²) in [6.07, 6.45) is 1.10. The average molecular weight is 862 g/mol. The summed E-state index contributed by atoms with van der Waals surface area (Å²) in [5, 5.41) is 17.2. The molecule has 1 aliphatic heterocycles. The molecule has 320 valence electrons. The third-order valence-electron chi connectivity index (χ3n) is 11.0. The van der Waals surface area contributed by atoms with Gasteiger partial charge >= 0.3 is 6.09 Å². The third-order valence-corrected chi connectivity index (χ3v) is 13.8. The van der Waals surface area contributed by atoms with Crippen LogP contribution in [0.25, 0.3) is 10.4 Å². The van der Waals surface area contributed by atoms with E-state index in [1.54, 1.807) is 23.1 Å². The number of carbonyl (C=O) groups excluding carboxylic acids is 4. The number of ether oxygens (including phenoxy) is 1. The lowest BCUT2D eigenvalue weighted by Crippen LogP contribution is -2.60. The molecular weight excluding hydrogens is 807 g/mol. The van der Waals surface area contributed by atoms with Gasteiger partial charge in [-0.25, -0.2) is 9.78 Å². The van der Waals surface area contributed by atoms with Gasteiger partial charge in [0.25, 0.3) is 0 Å². The van der Waals surface area contributed by atoms with Crippen LogP contribution in [-0.2, 0) is 30.4 Å². The van der Waals surface area contributed by atoms with Gasteiger partial charge < -0.3 is 31.1 Å². The second kappa shape index (κ2) is 20.8. The summed E-state index contributed by atoms with van der Waals surface area (Å²) in [7, 11) is 0. The van der Waals surface area contributed by atoms with E-state index in [1.165, 1.54) is 4.90 Å². The molecule has 1 unspecified atom stereocenters. The quantitative estimate of drug-likeness (QED) is 0.0484. The standard InChI is InChI=1S/C48H55N5O6S2/c1-33-42(60-32-51-33)35-26-24-34(25-27-35)30-50-44(56)40-29-39(54)31-53(40)45(57)43(52-41(55)23-15-4-5-16-28-59-46(49)58)47(2,3)61-48(36-17-9-6-10-18-36,37-19-11-7-12-20-37)38-21-13-8-14-22-38/h6-14,17-22,24-27,32,39-40,43,54H,4-5,15-16,23,28-31H2,1-3H3,(H2,49,58)(H,50,56)(H,52,55)/t39-,40+,43?/m1/s1. The molecule has 6 rings (SSSR count). The number of β-amino-alcohol motifs (C(OH)–C–C–N with tert-alkyl or cyclic N) is 1. The maximum Gasteiger partial charge on any atom is 0.404 e. The lowest BCUT2D eigenvalue weighted by atomic mass is 9.84. The zero-order chi connectivity index (χ0) is 43.4. The minimum Gasteiger partial charge on any atom is -0.450 e. The number of hydrogen-bond acceptors (Lipinski definition) is 9. The number of benzene rings is 4. The number of primary amides is 1. The number of aliphatic hydroxyl groups excluding tert-OH is 1. The number of hydrogen-bond donors (Lipinski definition) is 4. The van der Waals surface area contributed by atoms with Gasteiger partial charge in [0.05, 0.1) is 33.5 Å². The first-order chi connectivity index (χ1) is 29.4. The summed E-state index contributed by atoms with van der Waals surface area (Å²) in [4.78, 5) is 60.9. The largest absolute Gasteiger partial charge is 0.450 e. The molecule has 1 fully saturated rings. The minimum absolute atomic E-state index is 0.0541. The van der Waals surface area contributed by atoms with E-state index in [0.717, 1.165) is 44.8 Å². The van der Waals surface area contributed by atoms with E-state index in [0.29, 0.717) is 19.3 Å². The molecule has 0 bridgehead atoms. The van der Waals surface area contributed by atoms with Crippen LogP contribution in [0.15, 0.2) is 121 Å². The van der Waals surface area contributed by atoms with Crippen molar-refractivity contribution in [3.8, 4) is 10.4 Å². The molecule has 1 aliphatic rings. The van der Waals surface area contributed by atoms with E-state index < -0.39 is 39.7 Å². The minimum atomic E-state index is -1.10. The molecule has 1 aromatic heterocycles. The fourth-order valence-electron chi connectivity index (χ4n) is 7.96. The van der Waals surface area contributed by atoms with Crippen LogP contribution in [0.3, 0.4) is 0 Å². The third kappa shape index (κ3) is 11.3. The van der Waals surface area contributed by atoms with Crippen LogP contribution in [0.1, 0.15) is 80.3 Å². The van der Waals surface area contributed by atoms with Gasteiger partial charge in [0.2, 0.25) is 17.7 Å². The van der Waals surface area contributed by atoms with E-state index in [9.17, 15) is 19.5 Å². The van der Waals surface area contributed by atoms with Crippen molar-refractivity contribution >= 4 is 46.9 Å². The molecule has 0 aliphatic carbocycles. The number of carbonyl (C=O) groups is 4. The van der Waals surface area contributed by atoms with Gasteiger partial charge in [0, 0.05) is 30.7 Å². The molecule has 5 aromatic rings. The van der Waals surface area contributed by atoms with Crippen molar-refractivity contribution in [3.05, 3.63) is 149 Å². The molecular formula is C48H55N5O6S2. The van der Waals surface area contributed by atoms with Crippen molar-refractivity contribution in [3.63, 3.8) is 0 Å². The number of aromatic nitrogens is 1. The number of amides is 4. The van der Waals surface area contributed by atoms with E-state index in [-0.39, 0.29) is 44.4 Å². The molecule has 4 amide bonds. The van der Waals surface area contributed by atoms with Gasteiger partial charge in [-0.2, -0.15) is 0 Å². The molecule has 61 heavy (non-hydrogen) atoms. The first-order valence-electron chi connectivity index (χ1n) is 20.7. The molecule has 0 radical (unpaired) electrons. The molecule has 0 spiro atoms. The number of unbranched alkanes of at least 4 members (excludes halogenated alkanes) is 3. The summed E-state index contributed by atoms with van der Waals surface area (Å²) in [6.45, 7) is 6.29. The number of aryl methyl sites for hydroxylation is 1. The lowest BCUT2D eigenvalue weighted by Gasteiger charge is -2.45. The van der Waals surface area contributed by atoms with Crippen molar-refractivity contribution in [1.29, 1.82) is 0 Å². The molecule has 13 heteroatoms. The number of rotatable bonds is 19. The van der Waals surface area contributed by atoms with Crippen LogP contribution in [0, 0.1) is 6.92 Å². The van der Waals surface area contributed by atoms with E-state index in [1.807, 2.05) is 105 Å². The van der Waals surface area contributed by atoms with E-state index >= 15 is 4.79 Å². The van der Waals surface area contributed by atoms with Gasteiger partial charge in [-0.15, -0.1) is 23.1 Å². The van der Waals surface area contributed by atoms with E-state index in [2.05, 4.69) is 52.0 Å². The van der Waals surface area contributed by atoms with Crippen molar-refractivity contribution < 1.29 is 29.0 Å². The van der Waals surface area contributed by atoms with Crippen molar-refractivity contribution in [1.82, 2.24) is 20.5 Å². The van der Waals surface area contributed by atoms with Gasteiger partial charge in [0.1, 0.15) is 12.1 Å². The Labute approximate surface area is 366 Å². The maximum atomic E-state index is 15.2. The van der Waals surface area contributed by atoms with Crippen molar-refractivity contribution in [2.45, 2.75) is 93.5 Å². The summed E-state index contributed by atoms with van der Waals surface area (Å²) in [6, 6.07) is 36.3. The zero-order valence-corrected chi connectivity index (χ0v) is 36.6. The fourth-order valence-corrected chi connectivity index (χ4v) is 10.6. The number of likely N-dealkylation sites (tertiary alicyclic amines) is 1. The summed E-state index contributed by atoms with van der Waals surface area (Å²) < 4.78 is 2.99. The van der Waals surface area contributed by atoms with Crippen LogP contribution in [0.4, 0.5) is 4.79 Å². The van der Waals surface area contributed by atoms with Crippen LogP contribution >= 0.6 is 23.1 Å². The summed E-state index contributed by atoms with van der Waals surface area (Å²) >= 11 is 3.14. The second-order valence-electron chi connectivity index (χ2n) is 15.9. The number of aliphatic hydroxyl groups is 1. The van der Waals surface area contributed by atoms with Crippen LogP contribution < -0.4 is 16.4 Å². The first-order valence-corrected chi connectivity index (χ1v) is 22.4. The number of nitrogens with zero attached hydrogens (tertiary/aromatic N) is 2. The second-order valence-corrected chi connectivity index (χ2v) is 18.6. The monoisotopic (exact) mass is 861 g/mol. The van der Waals surface area contributed by atoms with Crippen LogP contribution in [0.2, 0.25) is 0 Å². The highest BCUT2D eigenvalue weighted by Gasteiger charge is 2.50. The smallest absolute Gasteiger partial charge is 0.404 e. The number of nitrogens with one attached hydrogen (secondary N) is 2. The normalized spacial score (nSPS) is 15.8.